The summed E-state index contributed by atoms with van der Waals surface area (Å²) in [6, 6.07) is 1.61. The Balaban J connectivity index is 2.60. The van der Waals surface area contributed by atoms with Crippen LogP contribution in [0.2, 0.25) is 0 Å². The van der Waals surface area contributed by atoms with Crippen molar-refractivity contribution in [1.29, 1.82) is 0 Å². The summed E-state index contributed by atoms with van der Waals surface area (Å²) >= 11 is 0. The molecule has 14 heavy (non-hydrogen) atoms. The Hall–Kier alpha value is -0.0800. The van der Waals surface area contributed by atoms with Crippen molar-refractivity contribution in [3.05, 3.63) is 0 Å². The summed E-state index contributed by atoms with van der Waals surface area (Å²) < 4.78 is 0. The van der Waals surface area contributed by atoms with E-state index in [0.717, 1.165) is 6.04 Å². The van der Waals surface area contributed by atoms with Gasteiger partial charge in [0.1, 0.15) is 0 Å². The molecule has 0 spiro atoms. The molecule has 0 radical (unpaired) electrons. The standard InChI is InChI=1S/C12H26N2/c1-4-12-8-6-5-7-9-14(12)11(3)10(2)13/h10-12H,4-9,13H2,1-3H3. The van der Waals surface area contributed by atoms with E-state index in [-0.39, 0.29) is 0 Å². The van der Waals surface area contributed by atoms with Crippen molar-refractivity contribution in [2.24, 2.45) is 5.73 Å². The van der Waals surface area contributed by atoms with Crippen LogP contribution in [0.3, 0.4) is 0 Å². The van der Waals surface area contributed by atoms with Crippen molar-refractivity contribution >= 4 is 0 Å². The third kappa shape index (κ3) is 2.96. The number of likely N-dealkylation sites (tertiary alicyclic amines) is 1. The minimum absolute atomic E-state index is 0.294. The average molecular weight is 198 g/mol. The lowest BCUT2D eigenvalue weighted by atomic mass is 10.0. The lowest BCUT2D eigenvalue weighted by Gasteiger charge is -2.36. The Labute approximate surface area is 88.8 Å². The van der Waals surface area contributed by atoms with Crippen LogP contribution in [0.5, 0.6) is 0 Å². The van der Waals surface area contributed by atoms with Crippen molar-refractivity contribution in [3.8, 4) is 0 Å². The molecular weight excluding hydrogens is 172 g/mol. The van der Waals surface area contributed by atoms with Gasteiger partial charge in [-0.3, -0.25) is 4.90 Å². The van der Waals surface area contributed by atoms with E-state index in [4.69, 9.17) is 5.73 Å². The molecule has 2 N–H and O–H groups in total. The lowest BCUT2D eigenvalue weighted by molar-refractivity contribution is 0.128. The fourth-order valence-electron chi connectivity index (χ4n) is 2.48. The maximum atomic E-state index is 5.99. The third-order valence-corrected chi connectivity index (χ3v) is 3.68. The van der Waals surface area contributed by atoms with E-state index in [9.17, 15) is 0 Å². The quantitative estimate of drug-likeness (QED) is 0.754. The van der Waals surface area contributed by atoms with Crippen LogP contribution in [-0.4, -0.2) is 29.6 Å². The summed E-state index contributed by atoms with van der Waals surface area (Å²) in [5, 5.41) is 0. The molecule has 1 saturated heterocycles. The Morgan fingerprint density at radius 2 is 2.00 bits per heavy atom. The summed E-state index contributed by atoms with van der Waals surface area (Å²) in [6.07, 6.45) is 6.80. The topological polar surface area (TPSA) is 29.3 Å². The first kappa shape index (κ1) is 12.0. The number of rotatable bonds is 3. The predicted molar refractivity (Wildman–Crippen MR) is 62.4 cm³/mol. The van der Waals surface area contributed by atoms with Gasteiger partial charge in [-0.1, -0.05) is 19.8 Å². The second-order valence-electron chi connectivity index (χ2n) is 4.75. The number of hydrogen-bond acceptors (Lipinski definition) is 2. The second-order valence-corrected chi connectivity index (χ2v) is 4.75. The normalized spacial score (nSPS) is 29.6. The molecule has 0 aliphatic carbocycles. The first-order valence-electron chi connectivity index (χ1n) is 6.18. The van der Waals surface area contributed by atoms with Gasteiger partial charge in [0.2, 0.25) is 0 Å². The molecule has 0 aromatic rings. The SMILES string of the molecule is CCC1CCCCCN1C(C)C(C)N. The zero-order chi connectivity index (χ0) is 10.6. The van der Waals surface area contributed by atoms with Gasteiger partial charge in [-0.25, -0.2) is 0 Å². The Bertz CT molecular complexity index is 156. The highest BCUT2D eigenvalue weighted by molar-refractivity contribution is 4.82. The van der Waals surface area contributed by atoms with Crippen LogP contribution in [0.25, 0.3) is 0 Å². The van der Waals surface area contributed by atoms with Gasteiger partial charge in [0.15, 0.2) is 0 Å². The average Bonchev–Trinajstić information content (AvgIpc) is 2.40. The summed E-state index contributed by atoms with van der Waals surface area (Å²) in [5.41, 5.74) is 5.99. The zero-order valence-electron chi connectivity index (χ0n) is 10.00. The van der Waals surface area contributed by atoms with E-state index in [2.05, 4.69) is 25.7 Å². The zero-order valence-corrected chi connectivity index (χ0v) is 10.00. The van der Waals surface area contributed by atoms with Crippen LogP contribution < -0.4 is 5.73 Å². The van der Waals surface area contributed by atoms with Crippen LogP contribution in [0.4, 0.5) is 0 Å². The minimum Gasteiger partial charge on any atom is -0.327 e. The molecule has 1 heterocycles. The van der Waals surface area contributed by atoms with E-state index in [1.165, 1.54) is 38.6 Å². The molecule has 0 bridgehead atoms. The number of hydrogen-bond donors (Lipinski definition) is 1. The lowest BCUT2D eigenvalue weighted by Crippen LogP contribution is -2.49. The van der Waals surface area contributed by atoms with Gasteiger partial charge in [-0.15, -0.1) is 0 Å². The summed E-state index contributed by atoms with van der Waals surface area (Å²) in [6.45, 7) is 7.96. The molecule has 1 rings (SSSR count). The maximum Gasteiger partial charge on any atom is 0.0219 e. The van der Waals surface area contributed by atoms with Gasteiger partial charge >= 0.3 is 0 Å². The Morgan fingerprint density at radius 3 is 2.57 bits per heavy atom. The second kappa shape index (κ2) is 5.72. The van der Waals surface area contributed by atoms with E-state index in [1.807, 2.05) is 0 Å². The van der Waals surface area contributed by atoms with Crippen LogP contribution >= 0.6 is 0 Å². The molecular formula is C12H26N2. The molecule has 0 saturated carbocycles. The summed E-state index contributed by atoms with van der Waals surface area (Å²) in [4.78, 5) is 2.64. The van der Waals surface area contributed by atoms with Crippen LogP contribution in [0.1, 0.15) is 52.9 Å². The molecule has 3 atom stereocenters. The predicted octanol–water partition coefficient (Wildman–Crippen LogP) is 2.38. The highest BCUT2D eigenvalue weighted by Crippen LogP contribution is 2.22. The van der Waals surface area contributed by atoms with E-state index in [0.29, 0.717) is 12.1 Å². The van der Waals surface area contributed by atoms with E-state index < -0.39 is 0 Å². The molecule has 0 aromatic carbocycles. The smallest absolute Gasteiger partial charge is 0.0219 e. The van der Waals surface area contributed by atoms with Crippen LogP contribution in [0.15, 0.2) is 0 Å². The summed E-state index contributed by atoms with van der Waals surface area (Å²) in [5.74, 6) is 0. The van der Waals surface area contributed by atoms with Crippen molar-refractivity contribution in [2.45, 2.75) is 71.0 Å². The summed E-state index contributed by atoms with van der Waals surface area (Å²) in [7, 11) is 0. The maximum absolute atomic E-state index is 5.99. The highest BCUT2D eigenvalue weighted by atomic mass is 15.2. The molecule has 0 aromatic heterocycles. The van der Waals surface area contributed by atoms with Crippen LogP contribution in [-0.2, 0) is 0 Å². The Kier molecular flexibility index (Phi) is 4.90. The van der Waals surface area contributed by atoms with Crippen molar-refractivity contribution in [3.63, 3.8) is 0 Å². The van der Waals surface area contributed by atoms with Gasteiger partial charge in [-0.2, -0.15) is 0 Å². The van der Waals surface area contributed by atoms with Crippen LogP contribution in [0, 0.1) is 0 Å². The Morgan fingerprint density at radius 1 is 1.29 bits per heavy atom. The fourth-order valence-corrected chi connectivity index (χ4v) is 2.48. The van der Waals surface area contributed by atoms with Crippen molar-refractivity contribution in [2.75, 3.05) is 6.54 Å². The van der Waals surface area contributed by atoms with Gasteiger partial charge in [0.05, 0.1) is 0 Å². The minimum atomic E-state index is 0.294. The van der Waals surface area contributed by atoms with Crippen molar-refractivity contribution < 1.29 is 0 Å². The van der Waals surface area contributed by atoms with Gasteiger partial charge in [-0.05, 0) is 39.7 Å². The fraction of sp³-hybridized carbons (Fsp3) is 1.00. The monoisotopic (exact) mass is 198 g/mol. The third-order valence-electron chi connectivity index (χ3n) is 3.68. The largest absolute Gasteiger partial charge is 0.327 e. The molecule has 1 aliphatic rings. The van der Waals surface area contributed by atoms with Gasteiger partial charge in [0, 0.05) is 18.1 Å². The van der Waals surface area contributed by atoms with E-state index >= 15 is 0 Å². The molecule has 3 unspecified atom stereocenters. The molecule has 1 fully saturated rings. The van der Waals surface area contributed by atoms with E-state index in [1.54, 1.807) is 0 Å². The highest BCUT2D eigenvalue weighted by Gasteiger charge is 2.25. The molecule has 2 heteroatoms. The van der Waals surface area contributed by atoms with Crippen molar-refractivity contribution in [1.82, 2.24) is 4.90 Å². The molecule has 84 valence electrons. The molecule has 0 amide bonds. The molecule has 2 nitrogen and oxygen atoms in total. The molecule has 1 aliphatic heterocycles. The first-order chi connectivity index (χ1) is 6.66. The number of nitrogens with two attached hydrogens (primary N) is 1. The number of nitrogens with zero attached hydrogens (tertiary/aromatic N) is 1. The van der Waals surface area contributed by atoms with Gasteiger partial charge < -0.3 is 5.73 Å². The first-order valence-corrected chi connectivity index (χ1v) is 6.18. The van der Waals surface area contributed by atoms with Gasteiger partial charge in [0.25, 0.3) is 0 Å².